The summed E-state index contributed by atoms with van der Waals surface area (Å²) in [6, 6.07) is 14.9. The first-order valence-corrected chi connectivity index (χ1v) is 11.1. The molecule has 1 fully saturated rings. The molecule has 1 heterocycles. The quantitative estimate of drug-likeness (QED) is 0.459. The molecule has 8 heteroatoms. The molecular weight excluding hydrogens is 432 g/mol. The summed E-state index contributed by atoms with van der Waals surface area (Å²) in [6.07, 6.45) is 2.06. The molecule has 6 nitrogen and oxygen atoms in total. The first-order valence-electron chi connectivity index (χ1n) is 9.88. The number of thioether (sulfide) groups is 1. The van der Waals surface area contributed by atoms with Gasteiger partial charge in [0.2, 0.25) is 5.91 Å². The summed E-state index contributed by atoms with van der Waals surface area (Å²) in [5, 5.41) is 2.85. The third-order valence-electron chi connectivity index (χ3n) is 4.52. The molecule has 0 aliphatic carbocycles. The number of carbonyl (C=O) groups is 2. The summed E-state index contributed by atoms with van der Waals surface area (Å²) in [6.45, 7) is 3.18. The number of amides is 2. The molecule has 0 unspecified atom stereocenters. The van der Waals surface area contributed by atoms with Crippen molar-refractivity contribution in [2.45, 2.75) is 13.3 Å². The van der Waals surface area contributed by atoms with Gasteiger partial charge in [0.1, 0.15) is 15.8 Å². The second-order valence-electron chi connectivity index (χ2n) is 6.71. The lowest BCUT2D eigenvalue weighted by molar-refractivity contribution is -0.123. The highest BCUT2D eigenvalue weighted by atomic mass is 32.2. The molecule has 1 saturated heterocycles. The van der Waals surface area contributed by atoms with Crippen LogP contribution in [0.2, 0.25) is 0 Å². The van der Waals surface area contributed by atoms with Gasteiger partial charge in [-0.2, -0.15) is 0 Å². The van der Waals surface area contributed by atoms with Crippen LogP contribution in [0.3, 0.4) is 0 Å². The average molecular weight is 457 g/mol. The smallest absolute Gasteiger partial charge is 0.266 e. The molecule has 0 bridgehead atoms. The molecule has 1 aliphatic heterocycles. The van der Waals surface area contributed by atoms with Crippen molar-refractivity contribution in [3.8, 4) is 11.5 Å². The zero-order chi connectivity index (χ0) is 22.2. The van der Waals surface area contributed by atoms with Gasteiger partial charge in [-0.3, -0.25) is 14.5 Å². The van der Waals surface area contributed by atoms with Crippen LogP contribution >= 0.6 is 24.0 Å². The van der Waals surface area contributed by atoms with E-state index in [1.807, 2.05) is 55.5 Å². The number of nitrogens with one attached hydrogen (secondary N) is 1. The first-order chi connectivity index (χ1) is 15.0. The monoisotopic (exact) mass is 456 g/mol. The molecule has 1 N–H and O–H groups in total. The molecule has 0 radical (unpaired) electrons. The van der Waals surface area contributed by atoms with Crippen molar-refractivity contribution in [3.63, 3.8) is 0 Å². The Balaban J connectivity index is 1.50. The lowest BCUT2D eigenvalue weighted by Gasteiger charge is -2.15. The summed E-state index contributed by atoms with van der Waals surface area (Å²) in [5.74, 6) is 1.24. The van der Waals surface area contributed by atoms with Crippen molar-refractivity contribution in [2.75, 3.05) is 26.8 Å². The van der Waals surface area contributed by atoms with E-state index in [1.54, 1.807) is 13.2 Å². The molecule has 3 rings (SSSR count). The van der Waals surface area contributed by atoms with E-state index >= 15 is 0 Å². The second-order valence-corrected chi connectivity index (χ2v) is 8.39. The maximum atomic E-state index is 12.7. The van der Waals surface area contributed by atoms with Gasteiger partial charge >= 0.3 is 0 Å². The SMILES string of the molecule is CCOc1ccc(CC(=O)NCCN2C(=O)/C(=C\c3cccc(OC)c3)SC2=S)cc1. The highest BCUT2D eigenvalue weighted by Crippen LogP contribution is 2.32. The number of benzene rings is 2. The third-order valence-corrected chi connectivity index (χ3v) is 5.90. The van der Waals surface area contributed by atoms with E-state index in [0.717, 1.165) is 22.6 Å². The normalized spacial score (nSPS) is 14.8. The summed E-state index contributed by atoms with van der Waals surface area (Å²) < 4.78 is 11.1. The Morgan fingerprint density at radius 3 is 2.68 bits per heavy atom. The van der Waals surface area contributed by atoms with Crippen LogP contribution in [0.25, 0.3) is 6.08 Å². The molecule has 1 aliphatic rings. The number of carbonyl (C=O) groups excluding carboxylic acids is 2. The third kappa shape index (κ3) is 6.32. The second kappa shape index (κ2) is 11.0. The standard InChI is InChI=1S/C23H24N2O4S2/c1-3-29-18-9-7-16(8-10-18)15-21(26)24-11-12-25-22(27)20(31-23(25)30)14-17-5-4-6-19(13-17)28-2/h4-10,13-14H,3,11-12,15H2,1-2H3,(H,24,26)/b20-14+. The van der Waals surface area contributed by atoms with E-state index in [0.29, 0.717) is 28.9 Å². The molecule has 0 spiro atoms. The Bertz CT molecular complexity index is 989. The Labute approximate surface area is 191 Å². The minimum Gasteiger partial charge on any atom is -0.497 e. The minimum absolute atomic E-state index is 0.110. The van der Waals surface area contributed by atoms with Crippen molar-refractivity contribution in [1.29, 1.82) is 0 Å². The largest absolute Gasteiger partial charge is 0.497 e. The average Bonchev–Trinajstić information content (AvgIpc) is 3.02. The highest BCUT2D eigenvalue weighted by Gasteiger charge is 2.31. The maximum absolute atomic E-state index is 12.7. The predicted octanol–water partition coefficient (Wildman–Crippen LogP) is 3.65. The van der Waals surface area contributed by atoms with Crippen molar-refractivity contribution in [3.05, 3.63) is 64.6 Å². The lowest BCUT2D eigenvalue weighted by atomic mass is 10.1. The Morgan fingerprint density at radius 1 is 1.19 bits per heavy atom. The molecule has 0 aromatic heterocycles. The molecule has 0 atom stereocenters. The van der Waals surface area contributed by atoms with Crippen LogP contribution in [0, 0.1) is 0 Å². The zero-order valence-corrected chi connectivity index (χ0v) is 19.1. The Kier molecular flexibility index (Phi) is 8.08. The fourth-order valence-electron chi connectivity index (χ4n) is 3.00. The van der Waals surface area contributed by atoms with E-state index in [1.165, 1.54) is 16.7 Å². The van der Waals surface area contributed by atoms with Gasteiger partial charge in [-0.05, 0) is 48.4 Å². The van der Waals surface area contributed by atoms with Gasteiger partial charge in [-0.25, -0.2) is 0 Å². The van der Waals surface area contributed by atoms with E-state index in [4.69, 9.17) is 21.7 Å². The van der Waals surface area contributed by atoms with Crippen LogP contribution in [0.1, 0.15) is 18.1 Å². The van der Waals surface area contributed by atoms with E-state index in [2.05, 4.69) is 5.32 Å². The molecule has 2 amide bonds. The zero-order valence-electron chi connectivity index (χ0n) is 17.4. The summed E-state index contributed by atoms with van der Waals surface area (Å²) in [4.78, 5) is 27.0. The molecule has 31 heavy (non-hydrogen) atoms. The van der Waals surface area contributed by atoms with Gasteiger partial charge in [0.25, 0.3) is 5.91 Å². The summed E-state index contributed by atoms with van der Waals surface area (Å²) in [7, 11) is 1.60. The van der Waals surface area contributed by atoms with E-state index < -0.39 is 0 Å². The summed E-state index contributed by atoms with van der Waals surface area (Å²) in [5.41, 5.74) is 1.76. The predicted molar refractivity (Wildman–Crippen MR) is 127 cm³/mol. The number of thiocarbonyl (C=S) groups is 1. The molecule has 2 aromatic carbocycles. The van der Waals surface area contributed by atoms with Gasteiger partial charge in [0.15, 0.2) is 0 Å². The molecule has 2 aromatic rings. The Morgan fingerprint density at radius 2 is 1.97 bits per heavy atom. The van der Waals surface area contributed by atoms with Crippen LogP contribution in [0.4, 0.5) is 0 Å². The fourth-order valence-corrected chi connectivity index (χ4v) is 4.31. The van der Waals surface area contributed by atoms with Crippen molar-refractivity contribution < 1.29 is 19.1 Å². The van der Waals surface area contributed by atoms with Crippen LogP contribution in [-0.2, 0) is 16.0 Å². The number of nitrogens with zero attached hydrogens (tertiary/aromatic N) is 1. The van der Waals surface area contributed by atoms with Crippen molar-refractivity contribution in [2.24, 2.45) is 0 Å². The number of rotatable bonds is 9. The van der Waals surface area contributed by atoms with Gasteiger partial charge in [0, 0.05) is 13.1 Å². The van der Waals surface area contributed by atoms with Crippen molar-refractivity contribution >= 4 is 46.2 Å². The first kappa shape index (κ1) is 22.8. The van der Waals surface area contributed by atoms with Crippen LogP contribution in [0.5, 0.6) is 11.5 Å². The fraction of sp³-hybridized carbons (Fsp3) is 0.261. The van der Waals surface area contributed by atoms with Crippen LogP contribution in [-0.4, -0.2) is 47.8 Å². The van der Waals surface area contributed by atoms with Gasteiger partial charge < -0.3 is 14.8 Å². The Hall–Kier alpha value is -2.84. The minimum atomic E-state index is -0.154. The molecule has 162 valence electrons. The maximum Gasteiger partial charge on any atom is 0.266 e. The van der Waals surface area contributed by atoms with Gasteiger partial charge in [-0.15, -0.1) is 0 Å². The molecule has 0 saturated carbocycles. The van der Waals surface area contributed by atoms with Crippen molar-refractivity contribution in [1.82, 2.24) is 10.2 Å². The van der Waals surface area contributed by atoms with E-state index in [-0.39, 0.29) is 18.2 Å². The topological polar surface area (TPSA) is 67.9 Å². The molecular formula is C23H24N2O4S2. The number of methoxy groups -OCH3 is 1. The lowest BCUT2D eigenvalue weighted by Crippen LogP contribution is -2.37. The van der Waals surface area contributed by atoms with Crippen LogP contribution < -0.4 is 14.8 Å². The number of hydrogen-bond donors (Lipinski definition) is 1. The van der Waals surface area contributed by atoms with Crippen LogP contribution in [0.15, 0.2) is 53.4 Å². The van der Waals surface area contributed by atoms with Gasteiger partial charge in [-0.1, -0.05) is 48.2 Å². The number of hydrogen-bond acceptors (Lipinski definition) is 6. The van der Waals surface area contributed by atoms with E-state index in [9.17, 15) is 9.59 Å². The number of ether oxygens (including phenoxy) is 2. The van der Waals surface area contributed by atoms with Gasteiger partial charge in [0.05, 0.1) is 25.0 Å². The highest BCUT2D eigenvalue weighted by molar-refractivity contribution is 8.26. The summed E-state index contributed by atoms with van der Waals surface area (Å²) >= 11 is 6.62.